The average molecular weight is 305 g/mol. The van der Waals surface area contributed by atoms with Gasteiger partial charge in [-0.05, 0) is 36.1 Å². The molecule has 0 radical (unpaired) electrons. The van der Waals surface area contributed by atoms with Crippen molar-refractivity contribution in [3.05, 3.63) is 65.4 Å². The van der Waals surface area contributed by atoms with Crippen LogP contribution in [0.2, 0.25) is 0 Å². The monoisotopic (exact) mass is 305 g/mol. The van der Waals surface area contributed by atoms with E-state index in [4.69, 9.17) is 4.42 Å². The molecule has 2 heterocycles. The van der Waals surface area contributed by atoms with Crippen LogP contribution in [0.5, 0.6) is 0 Å². The second kappa shape index (κ2) is 5.58. The zero-order valence-electron chi connectivity index (χ0n) is 13.2. The van der Waals surface area contributed by atoms with Crippen LogP contribution in [0.25, 0.3) is 11.0 Å². The fourth-order valence-corrected chi connectivity index (χ4v) is 3.34. The number of carbonyl (C=O) groups excluding carboxylic acids is 1. The first-order chi connectivity index (χ1) is 11.3. The van der Waals surface area contributed by atoms with Crippen molar-refractivity contribution in [1.29, 1.82) is 0 Å². The van der Waals surface area contributed by atoms with E-state index < -0.39 is 0 Å². The largest absolute Gasteiger partial charge is 0.464 e. The Morgan fingerprint density at radius 2 is 2.09 bits per heavy atom. The van der Waals surface area contributed by atoms with Gasteiger partial charge in [0.15, 0.2) is 0 Å². The Balaban J connectivity index is 1.60. The predicted octanol–water partition coefficient (Wildman–Crippen LogP) is 4.13. The van der Waals surface area contributed by atoms with Crippen molar-refractivity contribution in [2.45, 2.75) is 26.2 Å². The molecule has 0 unspecified atom stereocenters. The molecule has 0 aliphatic carbocycles. The zero-order valence-corrected chi connectivity index (χ0v) is 13.2. The number of hydrogen-bond acceptors (Lipinski definition) is 2. The van der Waals surface area contributed by atoms with Crippen molar-refractivity contribution in [2.75, 3.05) is 11.4 Å². The Kier molecular flexibility index (Phi) is 3.41. The highest BCUT2D eigenvalue weighted by molar-refractivity contribution is 5.98. The molecule has 3 aromatic rings. The maximum Gasteiger partial charge on any atom is 0.231 e. The lowest BCUT2D eigenvalue weighted by Crippen LogP contribution is -2.30. The number of nitrogens with zero attached hydrogens (tertiary/aromatic N) is 1. The minimum absolute atomic E-state index is 0.136. The average Bonchev–Trinajstić information content (AvgIpc) is 3.18. The van der Waals surface area contributed by atoms with E-state index in [1.807, 2.05) is 23.1 Å². The van der Waals surface area contributed by atoms with E-state index in [-0.39, 0.29) is 5.91 Å². The second-order valence-corrected chi connectivity index (χ2v) is 6.05. The van der Waals surface area contributed by atoms with E-state index in [1.54, 1.807) is 6.26 Å². The lowest BCUT2D eigenvalue weighted by atomic mass is 10.1. The highest BCUT2D eigenvalue weighted by Gasteiger charge is 2.24. The van der Waals surface area contributed by atoms with Crippen molar-refractivity contribution in [3.63, 3.8) is 0 Å². The van der Waals surface area contributed by atoms with E-state index in [0.29, 0.717) is 6.42 Å². The van der Waals surface area contributed by atoms with Crippen LogP contribution in [0, 0.1) is 0 Å². The van der Waals surface area contributed by atoms with Crippen LogP contribution in [0.1, 0.15) is 23.6 Å². The fraction of sp³-hybridized carbons (Fsp3) is 0.250. The van der Waals surface area contributed by atoms with E-state index >= 15 is 0 Å². The highest BCUT2D eigenvalue weighted by atomic mass is 16.3. The predicted molar refractivity (Wildman–Crippen MR) is 91.8 cm³/mol. The molecule has 0 saturated heterocycles. The standard InChI is InChI=1S/C20H19NO2/c1-2-14-7-8-17-16(13-23-19(17)11-14)12-20(22)21-10-9-15-5-3-4-6-18(15)21/h3-8,11,13H,2,9-10,12H2,1H3. The summed E-state index contributed by atoms with van der Waals surface area (Å²) in [6.45, 7) is 2.90. The molecule has 1 amide bonds. The Labute approximate surface area is 135 Å². The van der Waals surface area contributed by atoms with E-state index in [9.17, 15) is 4.79 Å². The third-order valence-electron chi connectivity index (χ3n) is 4.66. The summed E-state index contributed by atoms with van der Waals surface area (Å²) in [7, 11) is 0. The number of rotatable bonds is 3. The lowest BCUT2D eigenvalue weighted by molar-refractivity contribution is -0.117. The molecular formula is C20H19NO2. The van der Waals surface area contributed by atoms with Crippen molar-refractivity contribution < 1.29 is 9.21 Å². The number of fused-ring (bicyclic) bond motifs is 2. The molecule has 3 nitrogen and oxygen atoms in total. The maximum atomic E-state index is 12.7. The quantitative estimate of drug-likeness (QED) is 0.729. The smallest absolute Gasteiger partial charge is 0.231 e. The van der Waals surface area contributed by atoms with Crippen molar-refractivity contribution in [3.8, 4) is 0 Å². The Bertz CT molecular complexity index is 878. The summed E-state index contributed by atoms with van der Waals surface area (Å²) in [5.41, 5.74) is 5.40. The molecule has 0 N–H and O–H groups in total. The van der Waals surface area contributed by atoms with E-state index in [2.05, 4.69) is 31.2 Å². The third kappa shape index (κ3) is 2.42. The molecule has 0 atom stereocenters. The minimum atomic E-state index is 0.136. The number of para-hydroxylation sites is 1. The number of amides is 1. The molecule has 4 rings (SSSR count). The first-order valence-corrected chi connectivity index (χ1v) is 8.13. The van der Waals surface area contributed by atoms with Crippen LogP contribution in [-0.2, 0) is 24.1 Å². The molecule has 1 aromatic heterocycles. The van der Waals surface area contributed by atoms with Crippen LogP contribution in [0.4, 0.5) is 5.69 Å². The summed E-state index contributed by atoms with van der Waals surface area (Å²) < 4.78 is 5.65. The Morgan fingerprint density at radius 3 is 2.96 bits per heavy atom. The van der Waals surface area contributed by atoms with Crippen LogP contribution in [-0.4, -0.2) is 12.5 Å². The number of anilines is 1. The zero-order chi connectivity index (χ0) is 15.8. The summed E-state index contributed by atoms with van der Waals surface area (Å²) in [5.74, 6) is 0.136. The van der Waals surface area contributed by atoms with Gasteiger partial charge in [-0.15, -0.1) is 0 Å². The molecule has 0 spiro atoms. The molecule has 1 aliphatic heterocycles. The second-order valence-electron chi connectivity index (χ2n) is 6.05. The van der Waals surface area contributed by atoms with Crippen molar-refractivity contribution in [1.82, 2.24) is 0 Å². The van der Waals surface area contributed by atoms with E-state index in [1.165, 1.54) is 11.1 Å². The highest BCUT2D eigenvalue weighted by Crippen LogP contribution is 2.29. The van der Waals surface area contributed by atoms with Crippen molar-refractivity contribution >= 4 is 22.6 Å². The normalized spacial score (nSPS) is 13.5. The van der Waals surface area contributed by atoms with Crippen molar-refractivity contribution in [2.24, 2.45) is 0 Å². The van der Waals surface area contributed by atoms with Crippen LogP contribution in [0.15, 0.2) is 53.1 Å². The fourth-order valence-electron chi connectivity index (χ4n) is 3.34. The van der Waals surface area contributed by atoms with Gasteiger partial charge in [0.1, 0.15) is 5.58 Å². The topological polar surface area (TPSA) is 33.5 Å². The summed E-state index contributed by atoms with van der Waals surface area (Å²) in [5, 5.41) is 1.04. The first kappa shape index (κ1) is 14.1. The van der Waals surface area contributed by atoms with Crippen LogP contribution < -0.4 is 4.90 Å². The van der Waals surface area contributed by atoms with Gasteiger partial charge in [-0.25, -0.2) is 0 Å². The van der Waals surface area contributed by atoms with Gasteiger partial charge in [-0.3, -0.25) is 4.79 Å². The van der Waals surface area contributed by atoms with Gasteiger partial charge in [0.05, 0.1) is 12.7 Å². The van der Waals surface area contributed by atoms with Gasteiger partial charge >= 0.3 is 0 Å². The molecule has 1 aliphatic rings. The molecule has 0 saturated carbocycles. The molecule has 3 heteroatoms. The Morgan fingerprint density at radius 1 is 1.22 bits per heavy atom. The summed E-state index contributed by atoms with van der Waals surface area (Å²) >= 11 is 0. The SMILES string of the molecule is CCc1ccc2c(CC(=O)N3CCc4ccccc43)coc2c1. The van der Waals surface area contributed by atoms with Gasteiger partial charge in [0.25, 0.3) is 0 Å². The summed E-state index contributed by atoms with van der Waals surface area (Å²) in [4.78, 5) is 14.6. The molecule has 116 valence electrons. The van der Waals surface area contributed by atoms with Crippen LogP contribution in [0.3, 0.4) is 0 Å². The summed E-state index contributed by atoms with van der Waals surface area (Å²) in [6, 6.07) is 14.4. The van der Waals surface area contributed by atoms with Gasteiger partial charge in [-0.2, -0.15) is 0 Å². The number of hydrogen-bond donors (Lipinski definition) is 0. The summed E-state index contributed by atoms with van der Waals surface area (Å²) in [6.07, 6.45) is 4.03. The molecular weight excluding hydrogens is 286 g/mol. The minimum Gasteiger partial charge on any atom is -0.464 e. The van der Waals surface area contributed by atoms with E-state index in [0.717, 1.165) is 41.6 Å². The Hall–Kier alpha value is -2.55. The van der Waals surface area contributed by atoms with Gasteiger partial charge < -0.3 is 9.32 Å². The van der Waals surface area contributed by atoms with Gasteiger partial charge in [-0.1, -0.05) is 37.3 Å². The first-order valence-electron chi connectivity index (χ1n) is 8.13. The number of aryl methyl sites for hydroxylation is 1. The van der Waals surface area contributed by atoms with Crippen LogP contribution >= 0.6 is 0 Å². The maximum absolute atomic E-state index is 12.7. The van der Waals surface area contributed by atoms with Gasteiger partial charge in [0, 0.05) is 23.2 Å². The number of furan rings is 1. The number of carbonyl (C=O) groups is 1. The molecule has 0 bridgehead atoms. The molecule has 23 heavy (non-hydrogen) atoms. The molecule has 2 aromatic carbocycles. The number of benzene rings is 2. The van der Waals surface area contributed by atoms with Gasteiger partial charge in [0.2, 0.25) is 5.91 Å². The molecule has 0 fully saturated rings. The third-order valence-corrected chi connectivity index (χ3v) is 4.66. The lowest BCUT2D eigenvalue weighted by Gasteiger charge is -2.16.